The summed E-state index contributed by atoms with van der Waals surface area (Å²) < 4.78 is 100. The zero-order chi connectivity index (χ0) is 48.8. The Balaban J connectivity index is 1.12. The van der Waals surface area contributed by atoms with Gasteiger partial charge in [-0.15, -0.1) is 0 Å². The van der Waals surface area contributed by atoms with E-state index in [1.807, 2.05) is 0 Å². The van der Waals surface area contributed by atoms with Crippen molar-refractivity contribution in [3.8, 4) is 0 Å². The number of ether oxygens (including phenoxy) is 10. The average Bonchev–Trinajstić information content (AvgIpc) is 3.96. The molecular weight excluding hydrogens is 944 g/mol. The van der Waals surface area contributed by atoms with E-state index in [9.17, 15) is 13.2 Å². The number of anilines is 1. The molecule has 1 saturated heterocycles. The van der Waals surface area contributed by atoms with Gasteiger partial charge in [0.05, 0.1) is 136 Å². The molecule has 4 rings (SSSR count). The van der Waals surface area contributed by atoms with Gasteiger partial charge in [0.25, 0.3) is 0 Å². The highest BCUT2D eigenvalue weighted by Crippen LogP contribution is 2.37. The van der Waals surface area contributed by atoms with E-state index in [0.29, 0.717) is 114 Å². The number of aliphatic imine (C=N–C) groups is 1. The van der Waals surface area contributed by atoms with E-state index >= 15 is 0 Å². The normalized spacial score (nSPS) is 15.8. The van der Waals surface area contributed by atoms with Crippen LogP contribution in [0, 0.1) is 6.92 Å². The number of hydrazone groups is 1. The minimum Gasteiger partial charge on any atom is -0.379 e. The highest BCUT2D eigenvalue weighted by molar-refractivity contribution is 7.44. The van der Waals surface area contributed by atoms with E-state index in [0.717, 1.165) is 25.5 Å². The van der Waals surface area contributed by atoms with Crippen molar-refractivity contribution in [3.63, 3.8) is 0 Å². The van der Waals surface area contributed by atoms with Crippen LogP contribution in [0.2, 0.25) is 5.28 Å². The zero-order valence-electron chi connectivity index (χ0n) is 38.9. The van der Waals surface area contributed by atoms with Crippen molar-refractivity contribution in [2.75, 3.05) is 137 Å². The zero-order valence-corrected chi connectivity index (χ0v) is 40.5. The van der Waals surface area contributed by atoms with Gasteiger partial charge in [-0.1, -0.05) is 25.5 Å². The molecule has 0 radical (unpaired) electrons. The fourth-order valence-electron chi connectivity index (χ4n) is 6.63. The summed E-state index contributed by atoms with van der Waals surface area (Å²) in [6, 6.07) is 4.06. The molecule has 0 saturated carbocycles. The third-order valence-electron chi connectivity index (χ3n) is 10.0. The van der Waals surface area contributed by atoms with Crippen molar-refractivity contribution in [2.45, 2.75) is 64.6 Å². The van der Waals surface area contributed by atoms with Crippen LogP contribution in [0.1, 0.15) is 55.5 Å². The number of alkyl halides is 3. The SMILES string of the molecule is CCCCOCCOCCOCCOCCN=C/C(COCCOCCOCCOCCN(Cc1c(C)cccc1C(F)(F)F)c1nc(Cl)nc2c1cnn2C1CCC(COCP(O)O)O1)=N\N. The molecule has 0 aliphatic carbocycles. The second-order valence-electron chi connectivity index (χ2n) is 15.2. The van der Waals surface area contributed by atoms with Crippen LogP contribution >= 0.6 is 20.0 Å². The fourth-order valence-corrected chi connectivity index (χ4v) is 7.06. The molecule has 68 heavy (non-hydrogen) atoms. The first kappa shape index (κ1) is 57.3. The number of halogens is 4. The molecule has 0 spiro atoms. The third kappa shape index (κ3) is 21.8. The third-order valence-corrected chi connectivity index (χ3v) is 10.6. The number of unbranched alkanes of at least 4 members (excludes halogenated alkanes) is 1. The van der Waals surface area contributed by atoms with Crippen LogP contribution in [-0.2, 0) is 60.1 Å². The van der Waals surface area contributed by atoms with Crippen LogP contribution < -0.4 is 10.7 Å². The van der Waals surface area contributed by atoms with Gasteiger partial charge in [0.1, 0.15) is 17.9 Å². The minimum absolute atomic E-state index is 0.0786. The smallest absolute Gasteiger partial charge is 0.379 e. The maximum atomic E-state index is 14.3. The Morgan fingerprint density at radius 2 is 1.50 bits per heavy atom. The van der Waals surface area contributed by atoms with Crippen molar-refractivity contribution in [3.05, 3.63) is 46.4 Å². The van der Waals surface area contributed by atoms with Gasteiger partial charge in [-0.3, -0.25) is 4.99 Å². The fraction of sp³-hybridized carbons (Fsp3) is 0.698. The van der Waals surface area contributed by atoms with Crippen LogP contribution in [0.5, 0.6) is 0 Å². The van der Waals surface area contributed by atoms with Gasteiger partial charge in [0.15, 0.2) is 20.3 Å². The van der Waals surface area contributed by atoms with Gasteiger partial charge in [-0.25, -0.2) is 4.68 Å². The Hall–Kier alpha value is -3.26. The first-order valence-corrected chi connectivity index (χ1v) is 24.4. The van der Waals surface area contributed by atoms with Gasteiger partial charge < -0.3 is 67.9 Å². The Morgan fingerprint density at radius 1 is 0.882 bits per heavy atom. The molecule has 20 nitrogen and oxygen atoms in total. The number of fused-ring (bicyclic) bond motifs is 1. The number of rotatable bonds is 38. The lowest BCUT2D eigenvalue weighted by atomic mass is 10.0. The molecule has 4 N–H and O–H groups in total. The number of nitrogens with two attached hydrogens (primary N) is 1. The molecule has 0 amide bonds. The van der Waals surface area contributed by atoms with Crippen molar-refractivity contribution in [1.82, 2.24) is 19.7 Å². The number of hydrogen-bond acceptors (Lipinski definition) is 19. The quantitative estimate of drug-likeness (QED) is 0.0170. The standard InChI is InChI=1S/C43H67ClF3N8O12P/c1-3-4-12-58-15-18-61-21-22-62-19-16-59-13-10-49-27-34(53-48)30-65-26-25-64-24-23-63-20-17-60-14-11-54(29-37-33(2)6-5-7-38(37)43(45,46)47)40-36-28-50-55(41(36)52-42(44)51-40)39-9-8-35(67-39)31-66-32-68(56)57/h5-7,27-28,35,39,56-57H,3-4,8-26,29-32,48H2,1-2H3/b49-27?,53-34+. The molecule has 1 aliphatic rings. The lowest BCUT2D eigenvalue weighted by Crippen LogP contribution is -2.30. The highest BCUT2D eigenvalue weighted by atomic mass is 35.5. The first-order valence-electron chi connectivity index (χ1n) is 22.6. The largest absolute Gasteiger partial charge is 0.416 e. The van der Waals surface area contributed by atoms with Crippen molar-refractivity contribution in [2.24, 2.45) is 15.9 Å². The Bertz CT molecular complexity index is 1910. The summed E-state index contributed by atoms with van der Waals surface area (Å²) >= 11 is 6.46. The van der Waals surface area contributed by atoms with E-state index in [4.69, 9.17) is 74.6 Å². The van der Waals surface area contributed by atoms with Gasteiger partial charge in [-0.2, -0.15) is 33.3 Å². The Morgan fingerprint density at radius 3 is 2.12 bits per heavy atom. The summed E-state index contributed by atoms with van der Waals surface area (Å²) in [6.45, 7) is 10.6. The van der Waals surface area contributed by atoms with E-state index in [1.165, 1.54) is 12.3 Å². The number of nitrogens with zero attached hydrogens (tertiary/aromatic N) is 7. The number of hydrogen-bond donors (Lipinski definition) is 3. The van der Waals surface area contributed by atoms with Crippen LogP contribution in [0.15, 0.2) is 34.5 Å². The first-order chi connectivity index (χ1) is 33.0. The molecule has 3 aromatic rings. The molecule has 1 aromatic carbocycles. The second-order valence-corrected chi connectivity index (χ2v) is 16.5. The van der Waals surface area contributed by atoms with Crippen molar-refractivity contribution < 1.29 is 70.3 Å². The Labute approximate surface area is 401 Å². The summed E-state index contributed by atoms with van der Waals surface area (Å²) in [5.74, 6) is 5.74. The van der Waals surface area contributed by atoms with Crippen LogP contribution in [-0.4, -0.2) is 179 Å². The summed E-state index contributed by atoms with van der Waals surface area (Å²) in [7, 11) is -2.19. The molecule has 1 fully saturated rings. The predicted molar refractivity (Wildman–Crippen MR) is 249 cm³/mol. The molecule has 384 valence electrons. The summed E-state index contributed by atoms with van der Waals surface area (Å²) in [5.41, 5.74) is 0.580. The lowest BCUT2D eigenvalue weighted by molar-refractivity contribution is -0.138. The minimum atomic E-state index is -4.59. The van der Waals surface area contributed by atoms with Gasteiger partial charge >= 0.3 is 6.18 Å². The van der Waals surface area contributed by atoms with Crippen LogP contribution in [0.25, 0.3) is 11.0 Å². The number of benzene rings is 1. The molecule has 1 aliphatic heterocycles. The predicted octanol–water partition coefficient (Wildman–Crippen LogP) is 5.08. The van der Waals surface area contributed by atoms with Gasteiger partial charge in [0.2, 0.25) is 5.28 Å². The van der Waals surface area contributed by atoms with Crippen LogP contribution in [0.3, 0.4) is 0 Å². The van der Waals surface area contributed by atoms with E-state index < -0.39 is 26.3 Å². The lowest BCUT2D eigenvalue weighted by Gasteiger charge is -2.27. The van der Waals surface area contributed by atoms with Crippen molar-refractivity contribution >= 4 is 48.8 Å². The van der Waals surface area contributed by atoms with Gasteiger partial charge in [0, 0.05) is 25.9 Å². The average molecular weight is 1010 g/mol. The van der Waals surface area contributed by atoms with E-state index in [-0.39, 0.29) is 75.2 Å². The number of aryl methyl sites for hydroxylation is 1. The molecule has 2 unspecified atom stereocenters. The van der Waals surface area contributed by atoms with Crippen molar-refractivity contribution in [1.29, 1.82) is 0 Å². The molecule has 2 atom stereocenters. The second kappa shape index (κ2) is 33.3. The maximum Gasteiger partial charge on any atom is 0.416 e. The van der Waals surface area contributed by atoms with E-state index in [1.54, 1.807) is 28.8 Å². The molecule has 0 bridgehead atoms. The molecule has 2 aromatic heterocycles. The topological polar surface area (TPSA) is 230 Å². The summed E-state index contributed by atoms with van der Waals surface area (Å²) in [6.07, 6.45) is 0.774. The van der Waals surface area contributed by atoms with Gasteiger partial charge in [-0.05, 0) is 55.0 Å². The maximum absolute atomic E-state index is 14.3. The van der Waals surface area contributed by atoms with E-state index in [2.05, 4.69) is 32.1 Å². The van der Waals surface area contributed by atoms with Crippen LogP contribution in [0.4, 0.5) is 19.0 Å². The summed E-state index contributed by atoms with van der Waals surface area (Å²) in [4.78, 5) is 33.1. The Kier molecular flexibility index (Phi) is 28.1. The molecule has 3 heterocycles. The number of aromatic nitrogens is 4. The molecule has 25 heteroatoms. The molecular formula is C43H67ClF3N8O12P. The highest BCUT2D eigenvalue weighted by Gasteiger charge is 2.35. The monoisotopic (exact) mass is 1010 g/mol. The summed E-state index contributed by atoms with van der Waals surface area (Å²) in [5, 5.41) is 8.53.